The van der Waals surface area contributed by atoms with Crippen molar-refractivity contribution in [2.24, 2.45) is 0 Å². The van der Waals surface area contributed by atoms with Crippen LogP contribution in [0.1, 0.15) is 31.7 Å². The van der Waals surface area contributed by atoms with E-state index in [4.69, 9.17) is 4.74 Å². The molecule has 1 aromatic heterocycles. The zero-order valence-corrected chi connectivity index (χ0v) is 10.5. The summed E-state index contributed by atoms with van der Waals surface area (Å²) in [5.74, 6) is 0.862. The second kappa shape index (κ2) is 8.53. The first-order valence-corrected chi connectivity index (χ1v) is 5.96. The Morgan fingerprint density at radius 3 is 2.41 bits per heavy atom. The Morgan fingerprint density at radius 2 is 1.82 bits per heavy atom. The number of ether oxygens (including phenoxy) is 1. The van der Waals surface area contributed by atoms with Gasteiger partial charge in [0.05, 0.1) is 6.61 Å². The van der Waals surface area contributed by atoms with Gasteiger partial charge in [0.1, 0.15) is 12.4 Å². The minimum absolute atomic E-state index is 0.530. The van der Waals surface area contributed by atoms with Crippen molar-refractivity contribution < 1.29 is 4.74 Å². The lowest BCUT2D eigenvalue weighted by Gasteiger charge is -2.01. The number of benzene rings is 1. The van der Waals surface area contributed by atoms with Crippen LogP contribution in [-0.2, 0) is 18.0 Å². The zero-order chi connectivity index (χ0) is 12.3. The van der Waals surface area contributed by atoms with Gasteiger partial charge < -0.3 is 9.72 Å². The van der Waals surface area contributed by atoms with Crippen molar-refractivity contribution in [3.05, 3.63) is 54.1 Å². The number of aromatic nitrogens is 2. The van der Waals surface area contributed by atoms with E-state index in [0.29, 0.717) is 13.2 Å². The highest BCUT2D eigenvalue weighted by Crippen LogP contribution is 2.02. The first-order valence-electron chi connectivity index (χ1n) is 5.96. The maximum Gasteiger partial charge on any atom is 0.132 e. The van der Waals surface area contributed by atoms with Crippen LogP contribution in [0.5, 0.6) is 0 Å². The Bertz CT molecular complexity index is 370. The number of nitrogens with one attached hydrogen (secondary N) is 1. The minimum Gasteiger partial charge on any atom is -0.369 e. The molecule has 3 nitrogen and oxygen atoms in total. The van der Waals surface area contributed by atoms with Crippen molar-refractivity contribution in [2.75, 3.05) is 0 Å². The third kappa shape index (κ3) is 5.88. The van der Waals surface area contributed by atoms with E-state index in [1.54, 1.807) is 12.4 Å². The minimum atomic E-state index is 0.530. The maximum absolute atomic E-state index is 5.47. The molecule has 0 atom stereocenters. The van der Waals surface area contributed by atoms with Crippen molar-refractivity contribution in [3.8, 4) is 0 Å². The van der Waals surface area contributed by atoms with Crippen molar-refractivity contribution >= 4 is 0 Å². The molecule has 3 heteroatoms. The zero-order valence-electron chi connectivity index (χ0n) is 10.5. The molecular weight excluding hydrogens is 212 g/mol. The van der Waals surface area contributed by atoms with E-state index < -0.39 is 0 Å². The Balaban J connectivity index is 0.000000437. The summed E-state index contributed by atoms with van der Waals surface area (Å²) in [7, 11) is 0. The fourth-order valence-electron chi connectivity index (χ4n) is 1.22. The fourth-order valence-corrected chi connectivity index (χ4v) is 1.22. The van der Waals surface area contributed by atoms with Crippen LogP contribution < -0.4 is 0 Å². The SMILES string of the molecule is CCC.c1ccc(COCc2ncc[nH]2)cc1. The monoisotopic (exact) mass is 232 g/mol. The predicted octanol–water partition coefficient (Wildman–Crippen LogP) is 3.54. The van der Waals surface area contributed by atoms with Crippen molar-refractivity contribution in [2.45, 2.75) is 33.5 Å². The molecule has 0 amide bonds. The molecule has 0 aliphatic rings. The van der Waals surface area contributed by atoms with Gasteiger partial charge in [0.15, 0.2) is 0 Å². The summed E-state index contributed by atoms with van der Waals surface area (Å²) in [4.78, 5) is 7.05. The highest BCUT2D eigenvalue weighted by atomic mass is 16.5. The van der Waals surface area contributed by atoms with Crippen LogP contribution in [0, 0.1) is 0 Å². The topological polar surface area (TPSA) is 37.9 Å². The lowest BCUT2D eigenvalue weighted by atomic mass is 10.2. The van der Waals surface area contributed by atoms with Crippen LogP contribution >= 0.6 is 0 Å². The molecule has 0 unspecified atom stereocenters. The van der Waals surface area contributed by atoms with Gasteiger partial charge in [-0.1, -0.05) is 50.6 Å². The van der Waals surface area contributed by atoms with E-state index >= 15 is 0 Å². The summed E-state index contributed by atoms with van der Waals surface area (Å²) >= 11 is 0. The Kier molecular flexibility index (Phi) is 6.75. The largest absolute Gasteiger partial charge is 0.369 e. The van der Waals surface area contributed by atoms with Gasteiger partial charge >= 0.3 is 0 Å². The third-order valence-electron chi connectivity index (χ3n) is 1.91. The fraction of sp³-hybridized carbons (Fsp3) is 0.357. The first-order chi connectivity index (χ1) is 8.36. The molecule has 1 heterocycles. The summed E-state index contributed by atoms with van der Waals surface area (Å²) in [6.07, 6.45) is 4.77. The molecule has 0 radical (unpaired) electrons. The summed E-state index contributed by atoms with van der Waals surface area (Å²) in [6, 6.07) is 10.1. The van der Waals surface area contributed by atoms with E-state index in [2.05, 4.69) is 23.8 Å². The third-order valence-corrected chi connectivity index (χ3v) is 1.91. The number of rotatable bonds is 4. The van der Waals surface area contributed by atoms with Crippen LogP contribution in [-0.4, -0.2) is 9.97 Å². The number of nitrogens with zero attached hydrogens (tertiary/aromatic N) is 1. The lowest BCUT2D eigenvalue weighted by Crippen LogP contribution is -1.95. The van der Waals surface area contributed by atoms with Gasteiger partial charge in [-0.25, -0.2) is 4.98 Å². The molecule has 0 saturated carbocycles. The van der Waals surface area contributed by atoms with E-state index in [9.17, 15) is 0 Å². The van der Waals surface area contributed by atoms with E-state index in [0.717, 1.165) is 5.82 Å². The van der Waals surface area contributed by atoms with Crippen LogP contribution in [0.4, 0.5) is 0 Å². The number of aromatic amines is 1. The predicted molar refractivity (Wildman–Crippen MR) is 69.5 cm³/mol. The van der Waals surface area contributed by atoms with Crippen LogP contribution in [0.3, 0.4) is 0 Å². The maximum atomic E-state index is 5.47. The van der Waals surface area contributed by atoms with Crippen molar-refractivity contribution in [1.29, 1.82) is 0 Å². The molecule has 0 saturated heterocycles. The van der Waals surface area contributed by atoms with E-state index in [-0.39, 0.29) is 0 Å². The number of hydrogen-bond donors (Lipinski definition) is 1. The van der Waals surface area contributed by atoms with Crippen LogP contribution in [0.2, 0.25) is 0 Å². The second-order valence-electron chi connectivity index (χ2n) is 3.72. The molecule has 2 rings (SSSR count). The van der Waals surface area contributed by atoms with Gasteiger partial charge in [-0.15, -0.1) is 0 Å². The molecule has 2 aromatic rings. The quantitative estimate of drug-likeness (QED) is 0.875. The van der Waals surface area contributed by atoms with Crippen LogP contribution in [0.25, 0.3) is 0 Å². The Labute approximate surface area is 103 Å². The van der Waals surface area contributed by atoms with Gasteiger partial charge in [-0.3, -0.25) is 0 Å². The van der Waals surface area contributed by atoms with Gasteiger partial charge in [0.25, 0.3) is 0 Å². The molecule has 1 aromatic carbocycles. The van der Waals surface area contributed by atoms with Gasteiger partial charge in [0, 0.05) is 12.4 Å². The summed E-state index contributed by atoms with van der Waals surface area (Å²) in [5.41, 5.74) is 1.18. The molecular formula is C14H20N2O. The van der Waals surface area contributed by atoms with E-state index in [1.807, 2.05) is 30.3 Å². The molecule has 17 heavy (non-hydrogen) atoms. The molecule has 0 fully saturated rings. The normalized spacial score (nSPS) is 9.53. The first kappa shape index (κ1) is 13.5. The average molecular weight is 232 g/mol. The second-order valence-corrected chi connectivity index (χ2v) is 3.72. The summed E-state index contributed by atoms with van der Waals surface area (Å²) in [5, 5.41) is 0. The smallest absolute Gasteiger partial charge is 0.132 e. The molecule has 0 spiro atoms. The molecule has 0 bridgehead atoms. The highest BCUT2D eigenvalue weighted by molar-refractivity contribution is 5.13. The van der Waals surface area contributed by atoms with Gasteiger partial charge in [-0.05, 0) is 5.56 Å². The Morgan fingerprint density at radius 1 is 1.12 bits per heavy atom. The summed E-state index contributed by atoms with van der Waals surface area (Å²) in [6.45, 7) is 5.41. The number of H-pyrrole nitrogens is 1. The van der Waals surface area contributed by atoms with Crippen LogP contribution in [0.15, 0.2) is 42.7 Å². The highest BCUT2D eigenvalue weighted by Gasteiger charge is 1.95. The standard InChI is InChI=1S/C11H12N2O.C3H8/c1-2-4-10(5-3-1)8-14-9-11-12-6-7-13-11;1-3-2/h1-7H,8-9H2,(H,12,13);3H2,1-2H3. The van der Waals surface area contributed by atoms with Crippen molar-refractivity contribution in [3.63, 3.8) is 0 Å². The summed E-state index contributed by atoms with van der Waals surface area (Å²) < 4.78 is 5.47. The average Bonchev–Trinajstić information content (AvgIpc) is 2.85. The lowest BCUT2D eigenvalue weighted by molar-refractivity contribution is 0.102. The van der Waals surface area contributed by atoms with Gasteiger partial charge in [-0.2, -0.15) is 0 Å². The van der Waals surface area contributed by atoms with E-state index in [1.165, 1.54) is 12.0 Å². The molecule has 0 aliphatic carbocycles. The number of hydrogen-bond acceptors (Lipinski definition) is 2. The molecule has 1 N–H and O–H groups in total. The molecule has 0 aliphatic heterocycles. The Hall–Kier alpha value is -1.61. The van der Waals surface area contributed by atoms with Gasteiger partial charge in [0.2, 0.25) is 0 Å². The van der Waals surface area contributed by atoms with Crippen molar-refractivity contribution in [1.82, 2.24) is 9.97 Å². The molecule has 92 valence electrons. The number of imidazole rings is 1.